The van der Waals surface area contributed by atoms with Crippen LogP contribution in [0.25, 0.3) is 11.4 Å². The third-order valence-electron chi connectivity index (χ3n) is 2.78. The molecule has 6 heteroatoms. The Bertz CT molecular complexity index is 589. The molecule has 0 saturated heterocycles. The average Bonchev–Trinajstić information content (AvgIpc) is 2.67. The minimum atomic E-state index is -4.42. The maximum Gasteiger partial charge on any atom is 0.434 e. The van der Waals surface area contributed by atoms with Gasteiger partial charge < -0.3 is 9.30 Å². The largest absolute Gasteiger partial charge is 0.491 e. The normalized spacial score (nSPS) is 14.4. The Morgan fingerprint density at radius 2 is 2.00 bits per heavy atom. The van der Waals surface area contributed by atoms with E-state index in [-0.39, 0.29) is 0 Å². The standard InChI is InChI=1S/C12H9F3N2O/c13-12(14,15)10-7-17-5-6-18-9-4-2-1-3-8(9)11(17)16-10/h1-4,7H,5-6H2. The van der Waals surface area contributed by atoms with E-state index in [1.165, 1.54) is 4.57 Å². The molecule has 1 aliphatic heterocycles. The molecule has 0 radical (unpaired) electrons. The molecular weight excluding hydrogens is 245 g/mol. The number of hydrogen-bond donors (Lipinski definition) is 0. The number of alkyl halides is 3. The highest BCUT2D eigenvalue weighted by Crippen LogP contribution is 2.35. The summed E-state index contributed by atoms with van der Waals surface area (Å²) in [6.07, 6.45) is -3.39. The van der Waals surface area contributed by atoms with Gasteiger partial charge in [0.2, 0.25) is 0 Å². The lowest BCUT2D eigenvalue weighted by Gasteiger charge is -2.05. The summed E-state index contributed by atoms with van der Waals surface area (Å²) < 4.78 is 44.9. The highest BCUT2D eigenvalue weighted by atomic mass is 19.4. The number of fused-ring (bicyclic) bond motifs is 3. The molecule has 0 atom stereocenters. The highest BCUT2D eigenvalue weighted by Gasteiger charge is 2.35. The number of halogens is 3. The summed E-state index contributed by atoms with van der Waals surface area (Å²) in [5.41, 5.74) is -0.278. The third-order valence-corrected chi connectivity index (χ3v) is 2.78. The van der Waals surface area contributed by atoms with Crippen molar-refractivity contribution in [2.24, 2.45) is 0 Å². The van der Waals surface area contributed by atoms with E-state index >= 15 is 0 Å². The van der Waals surface area contributed by atoms with Crippen LogP contribution in [0.2, 0.25) is 0 Å². The summed E-state index contributed by atoms with van der Waals surface area (Å²) in [5.74, 6) is 0.867. The summed E-state index contributed by atoms with van der Waals surface area (Å²) in [7, 11) is 0. The van der Waals surface area contributed by atoms with Crippen molar-refractivity contribution in [2.45, 2.75) is 12.7 Å². The zero-order valence-electron chi connectivity index (χ0n) is 9.24. The van der Waals surface area contributed by atoms with Crippen LogP contribution in [-0.2, 0) is 12.7 Å². The Morgan fingerprint density at radius 3 is 2.78 bits per heavy atom. The fourth-order valence-electron chi connectivity index (χ4n) is 1.97. The van der Waals surface area contributed by atoms with Crippen molar-refractivity contribution in [1.82, 2.24) is 9.55 Å². The van der Waals surface area contributed by atoms with Crippen molar-refractivity contribution in [2.75, 3.05) is 6.61 Å². The molecule has 0 amide bonds. The second kappa shape index (κ2) is 3.76. The van der Waals surface area contributed by atoms with Crippen molar-refractivity contribution in [1.29, 1.82) is 0 Å². The highest BCUT2D eigenvalue weighted by molar-refractivity contribution is 5.65. The summed E-state index contributed by atoms with van der Waals surface area (Å²) in [6.45, 7) is 0.685. The zero-order chi connectivity index (χ0) is 12.8. The third kappa shape index (κ3) is 1.73. The molecule has 0 unspecified atom stereocenters. The quantitative estimate of drug-likeness (QED) is 0.722. The average molecular weight is 254 g/mol. The maximum atomic E-state index is 12.6. The number of para-hydroxylation sites is 1. The second-order valence-corrected chi connectivity index (χ2v) is 3.99. The van der Waals surface area contributed by atoms with Crippen LogP contribution in [0.1, 0.15) is 5.69 Å². The van der Waals surface area contributed by atoms with Gasteiger partial charge in [0, 0.05) is 6.20 Å². The first-order valence-electron chi connectivity index (χ1n) is 5.42. The van der Waals surface area contributed by atoms with E-state index in [2.05, 4.69) is 4.98 Å². The Hall–Kier alpha value is -1.98. The van der Waals surface area contributed by atoms with Crippen LogP contribution in [0.15, 0.2) is 30.5 Å². The predicted octanol–water partition coefficient (Wildman–Crippen LogP) is 2.96. The van der Waals surface area contributed by atoms with Crippen LogP contribution in [0, 0.1) is 0 Å². The first-order chi connectivity index (χ1) is 8.55. The minimum absolute atomic E-state index is 0.301. The molecule has 2 heterocycles. The van der Waals surface area contributed by atoms with Crippen LogP contribution in [0.3, 0.4) is 0 Å². The first-order valence-corrected chi connectivity index (χ1v) is 5.42. The van der Waals surface area contributed by atoms with Gasteiger partial charge in [-0.25, -0.2) is 4.98 Å². The van der Waals surface area contributed by atoms with Crippen molar-refractivity contribution in [3.05, 3.63) is 36.2 Å². The number of aromatic nitrogens is 2. The summed E-state index contributed by atoms with van der Waals surface area (Å²) in [4.78, 5) is 3.68. The predicted molar refractivity (Wildman–Crippen MR) is 58.2 cm³/mol. The molecule has 0 spiro atoms. The van der Waals surface area contributed by atoms with Gasteiger partial charge in [0.1, 0.15) is 18.2 Å². The Kier molecular flexibility index (Phi) is 2.33. The van der Waals surface area contributed by atoms with E-state index in [1.807, 2.05) is 0 Å². The zero-order valence-corrected chi connectivity index (χ0v) is 9.24. The smallest absolute Gasteiger partial charge is 0.434 e. The molecule has 1 aromatic heterocycles. The lowest BCUT2D eigenvalue weighted by atomic mass is 10.2. The molecule has 1 aromatic carbocycles. The lowest BCUT2D eigenvalue weighted by Crippen LogP contribution is -2.07. The molecule has 0 N–H and O–H groups in total. The van der Waals surface area contributed by atoms with Gasteiger partial charge in [-0.3, -0.25) is 0 Å². The van der Waals surface area contributed by atoms with Crippen molar-refractivity contribution >= 4 is 0 Å². The fourth-order valence-corrected chi connectivity index (χ4v) is 1.97. The van der Waals surface area contributed by atoms with E-state index in [9.17, 15) is 13.2 Å². The molecule has 94 valence electrons. The Balaban J connectivity index is 2.18. The van der Waals surface area contributed by atoms with Gasteiger partial charge in [-0.15, -0.1) is 0 Å². The Morgan fingerprint density at radius 1 is 1.22 bits per heavy atom. The van der Waals surface area contributed by atoms with Gasteiger partial charge >= 0.3 is 6.18 Å². The molecule has 18 heavy (non-hydrogen) atoms. The van der Waals surface area contributed by atoms with Gasteiger partial charge in [-0.2, -0.15) is 13.2 Å². The van der Waals surface area contributed by atoms with E-state index in [0.717, 1.165) is 6.20 Å². The Labute approximate surface area is 101 Å². The molecule has 3 nitrogen and oxygen atoms in total. The van der Waals surface area contributed by atoms with E-state index in [1.54, 1.807) is 24.3 Å². The summed E-state index contributed by atoms with van der Waals surface area (Å²) in [5, 5.41) is 0. The second-order valence-electron chi connectivity index (χ2n) is 3.99. The van der Waals surface area contributed by atoms with Crippen LogP contribution in [0.4, 0.5) is 13.2 Å². The minimum Gasteiger partial charge on any atom is -0.491 e. The number of ether oxygens (including phenoxy) is 1. The summed E-state index contributed by atoms with van der Waals surface area (Å²) >= 11 is 0. The molecule has 1 aliphatic rings. The SMILES string of the molecule is FC(F)(F)c1cn2c(n1)-c1ccccc1OCC2. The van der Waals surface area contributed by atoms with Gasteiger partial charge in [-0.05, 0) is 12.1 Å². The van der Waals surface area contributed by atoms with Crippen LogP contribution in [0.5, 0.6) is 5.75 Å². The van der Waals surface area contributed by atoms with E-state index < -0.39 is 11.9 Å². The maximum absolute atomic E-state index is 12.6. The van der Waals surface area contributed by atoms with Crippen LogP contribution in [-0.4, -0.2) is 16.2 Å². The monoisotopic (exact) mass is 254 g/mol. The van der Waals surface area contributed by atoms with Gasteiger partial charge in [0.05, 0.1) is 12.1 Å². The topological polar surface area (TPSA) is 27.1 Å². The molecule has 3 rings (SSSR count). The van der Waals surface area contributed by atoms with Crippen molar-refractivity contribution < 1.29 is 17.9 Å². The molecule has 0 bridgehead atoms. The van der Waals surface area contributed by atoms with Crippen LogP contribution < -0.4 is 4.74 Å². The van der Waals surface area contributed by atoms with E-state index in [4.69, 9.17) is 4.74 Å². The molecule has 0 fully saturated rings. The van der Waals surface area contributed by atoms with Crippen LogP contribution >= 0.6 is 0 Å². The molecular formula is C12H9F3N2O. The van der Waals surface area contributed by atoms with Gasteiger partial charge in [-0.1, -0.05) is 12.1 Å². The number of benzene rings is 1. The van der Waals surface area contributed by atoms with Gasteiger partial charge in [0.25, 0.3) is 0 Å². The van der Waals surface area contributed by atoms with E-state index in [0.29, 0.717) is 30.3 Å². The van der Waals surface area contributed by atoms with Crippen molar-refractivity contribution in [3.63, 3.8) is 0 Å². The number of hydrogen-bond acceptors (Lipinski definition) is 2. The van der Waals surface area contributed by atoms with Gasteiger partial charge in [0.15, 0.2) is 5.69 Å². The number of imidazole rings is 1. The van der Waals surface area contributed by atoms with Crippen molar-refractivity contribution in [3.8, 4) is 17.1 Å². The number of rotatable bonds is 0. The summed E-state index contributed by atoms with van der Waals surface area (Å²) in [6, 6.07) is 6.97. The first kappa shape index (κ1) is 11.1. The number of nitrogens with zero attached hydrogens (tertiary/aromatic N) is 2. The lowest BCUT2D eigenvalue weighted by molar-refractivity contribution is -0.140. The molecule has 0 aliphatic carbocycles. The molecule has 2 aromatic rings. The fraction of sp³-hybridized carbons (Fsp3) is 0.250. The molecule has 0 saturated carbocycles.